The van der Waals surface area contributed by atoms with Gasteiger partial charge in [0.1, 0.15) is 11.9 Å². The summed E-state index contributed by atoms with van der Waals surface area (Å²) in [4.78, 5) is 16.1. The number of nitrogens with one attached hydrogen (secondary N) is 2. The van der Waals surface area contributed by atoms with E-state index < -0.39 is 11.9 Å². The average Bonchev–Trinajstić information content (AvgIpc) is 3.04. The molecule has 2 aromatic carbocycles. The molecule has 0 radical (unpaired) electrons. The Balaban J connectivity index is 1.64. The van der Waals surface area contributed by atoms with Gasteiger partial charge >= 0.3 is 0 Å². The van der Waals surface area contributed by atoms with Crippen LogP contribution in [0, 0.1) is 17.1 Å². The monoisotopic (exact) mass is 347 g/mol. The molecule has 0 aliphatic heterocycles. The fourth-order valence-corrected chi connectivity index (χ4v) is 3.65. The second kappa shape index (κ2) is 6.64. The van der Waals surface area contributed by atoms with Crippen molar-refractivity contribution in [1.82, 2.24) is 10.3 Å². The molecule has 5 heteroatoms. The molecule has 2 N–H and O–H groups in total. The molecule has 0 saturated heterocycles. The third-order valence-electron chi connectivity index (χ3n) is 4.98. The van der Waals surface area contributed by atoms with E-state index in [1.165, 1.54) is 29.8 Å². The molecule has 130 valence electrons. The predicted octanol–water partition coefficient (Wildman–Crippen LogP) is 4.18. The first-order valence-corrected chi connectivity index (χ1v) is 8.76. The highest BCUT2D eigenvalue weighted by atomic mass is 19.1. The Morgan fingerprint density at radius 1 is 1.19 bits per heavy atom. The van der Waals surface area contributed by atoms with E-state index in [1.54, 1.807) is 18.2 Å². The van der Waals surface area contributed by atoms with Crippen molar-refractivity contribution in [3.8, 4) is 6.07 Å². The van der Waals surface area contributed by atoms with Gasteiger partial charge in [0.2, 0.25) is 0 Å². The molecule has 3 aromatic rings. The largest absolute Gasteiger partial charge is 0.358 e. The standard InChI is InChI=1S/C21H18FN3O/c22-17-7-3-1-6-15(17)20(12-23)25-21(26)13-9-10-19-16(11-13)14-5-2-4-8-18(14)24-19/h1,3,6-7,9-11,20,24H,2,4-5,8H2,(H,25,26). The SMILES string of the molecule is N#CC(NC(=O)c1ccc2[nH]c3c(c2c1)CCCC3)c1ccccc1F. The maximum absolute atomic E-state index is 13.9. The van der Waals surface area contributed by atoms with Gasteiger partial charge in [-0.2, -0.15) is 5.26 Å². The van der Waals surface area contributed by atoms with E-state index in [0.29, 0.717) is 5.56 Å². The van der Waals surface area contributed by atoms with Gasteiger partial charge in [-0.25, -0.2) is 4.39 Å². The van der Waals surface area contributed by atoms with Crippen LogP contribution in [-0.4, -0.2) is 10.9 Å². The highest BCUT2D eigenvalue weighted by Gasteiger charge is 2.20. The van der Waals surface area contributed by atoms with E-state index in [9.17, 15) is 14.4 Å². The number of fused-ring (bicyclic) bond motifs is 3. The zero-order valence-corrected chi connectivity index (χ0v) is 14.2. The van der Waals surface area contributed by atoms with Crippen molar-refractivity contribution in [3.05, 3.63) is 70.7 Å². The maximum atomic E-state index is 13.9. The minimum atomic E-state index is -1.03. The highest BCUT2D eigenvalue weighted by Crippen LogP contribution is 2.30. The quantitative estimate of drug-likeness (QED) is 0.746. The summed E-state index contributed by atoms with van der Waals surface area (Å²) in [7, 11) is 0. The van der Waals surface area contributed by atoms with Crippen molar-refractivity contribution >= 4 is 16.8 Å². The van der Waals surface area contributed by atoms with Crippen molar-refractivity contribution in [2.45, 2.75) is 31.7 Å². The lowest BCUT2D eigenvalue weighted by Crippen LogP contribution is -2.28. The van der Waals surface area contributed by atoms with Gasteiger partial charge in [0.15, 0.2) is 0 Å². The first-order chi connectivity index (χ1) is 12.7. The van der Waals surface area contributed by atoms with E-state index >= 15 is 0 Å². The molecular weight excluding hydrogens is 329 g/mol. The predicted molar refractivity (Wildman–Crippen MR) is 97.2 cm³/mol. The number of aromatic amines is 1. The average molecular weight is 347 g/mol. The van der Waals surface area contributed by atoms with Crippen LogP contribution in [0.1, 0.15) is 46.1 Å². The van der Waals surface area contributed by atoms with Gasteiger partial charge in [0.05, 0.1) is 6.07 Å². The lowest BCUT2D eigenvalue weighted by Gasteiger charge is -2.13. The van der Waals surface area contributed by atoms with Crippen molar-refractivity contribution in [2.75, 3.05) is 0 Å². The van der Waals surface area contributed by atoms with Crippen LogP contribution in [0.3, 0.4) is 0 Å². The van der Waals surface area contributed by atoms with Crippen LogP contribution in [-0.2, 0) is 12.8 Å². The highest BCUT2D eigenvalue weighted by molar-refractivity contribution is 5.99. The first kappa shape index (κ1) is 16.3. The molecule has 0 saturated carbocycles. The molecule has 1 aromatic heterocycles. The van der Waals surface area contributed by atoms with Gasteiger partial charge in [-0.1, -0.05) is 18.2 Å². The molecule has 1 aliphatic rings. The van der Waals surface area contributed by atoms with Crippen LogP contribution in [0.15, 0.2) is 42.5 Å². The molecule has 1 heterocycles. The summed E-state index contributed by atoms with van der Waals surface area (Å²) in [5, 5.41) is 13.0. The number of aryl methyl sites for hydroxylation is 2. The van der Waals surface area contributed by atoms with Gasteiger partial charge in [-0.05, 0) is 55.5 Å². The molecule has 1 amide bonds. The molecule has 4 nitrogen and oxygen atoms in total. The van der Waals surface area contributed by atoms with Crippen LogP contribution >= 0.6 is 0 Å². The van der Waals surface area contributed by atoms with E-state index in [0.717, 1.165) is 30.2 Å². The summed E-state index contributed by atoms with van der Waals surface area (Å²) in [6.45, 7) is 0. The Bertz CT molecular complexity index is 1030. The number of benzene rings is 2. The number of carbonyl (C=O) groups is 1. The van der Waals surface area contributed by atoms with Gasteiger partial charge in [-0.15, -0.1) is 0 Å². The Morgan fingerprint density at radius 3 is 2.81 bits per heavy atom. The van der Waals surface area contributed by atoms with Crippen LogP contribution in [0.4, 0.5) is 4.39 Å². The van der Waals surface area contributed by atoms with E-state index in [2.05, 4.69) is 10.3 Å². The number of amides is 1. The van der Waals surface area contributed by atoms with E-state index in [-0.39, 0.29) is 11.5 Å². The molecule has 26 heavy (non-hydrogen) atoms. The smallest absolute Gasteiger partial charge is 0.252 e. The molecule has 1 aliphatic carbocycles. The number of halogens is 1. The topological polar surface area (TPSA) is 68.7 Å². The Kier molecular flexibility index (Phi) is 4.18. The molecule has 1 unspecified atom stereocenters. The number of rotatable bonds is 3. The molecule has 1 atom stereocenters. The number of aromatic nitrogens is 1. The zero-order chi connectivity index (χ0) is 18.1. The summed E-state index contributed by atoms with van der Waals surface area (Å²) in [6, 6.07) is 12.4. The van der Waals surface area contributed by atoms with Crippen molar-refractivity contribution in [1.29, 1.82) is 5.26 Å². The first-order valence-electron chi connectivity index (χ1n) is 8.76. The van der Waals surface area contributed by atoms with Gasteiger partial charge < -0.3 is 10.3 Å². The normalized spacial score (nSPS) is 14.5. The van der Waals surface area contributed by atoms with Crippen LogP contribution in [0.5, 0.6) is 0 Å². The second-order valence-electron chi connectivity index (χ2n) is 6.61. The molecule has 0 spiro atoms. The minimum absolute atomic E-state index is 0.170. The Labute approximate surface area is 150 Å². The summed E-state index contributed by atoms with van der Waals surface area (Å²) in [5.41, 5.74) is 4.21. The van der Waals surface area contributed by atoms with Gasteiger partial charge in [0.25, 0.3) is 5.91 Å². The molecule has 0 bridgehead atoms. The van der Waals surface area contributed by atoms with E-state index in [4.69, 9.17) is 0 Å². The van der Waals surface area contributed by atoms with Crippen molar-refractivity contribution in [2.24, 2.45) is 0 Å². The number of H-pyrrole nitrogens is 1. The number of nitriles is 1. The van der Waals surface area contributed by atoms with Crippen LogP contribution in [0.25, 0.3) is 10.9 Å². The summed E-state index contributed by atoms with van der Waals surface area (Å²) in [6.07, 6.45) is 4.38. The third-order valence-corrected chi connectivity index (χ3v) is 4.98. The van der Waals surface area contributed by atoms with Crippen LogP contribution in [0.2, 0.25) is 0 Å². The minimum Gasteiger partial charge on any atom is -0.358 e. The molecule has 0 fully saturated rings. The second-order valence-corrected chi connectivity index (χ2v) is 6.61. The molecular formula is C21H18FN3O. The summed E-state index contributed by atoms with van der Waals surface area (Å²) >= 11 is 0. The number of hydrogen-bond acceptors (Lipinski definition) is 2. The lowest BCUT2D eigenvalue weighted by atomic mass is 9.95. The van der Waals surface area contributed by atoms with Crippen LogP contribution < -0.4 is 5.32 Å². The fraction of sp³-hybridized carbons (Fsp3) is 0.238. The lowest BCUT2D eigenvalue weighted by molar-refractivity contribution is 0.0945. The third kappa shape index (κ3) is 2.84. The van der Waals surface area contributed by atoms with E-state index in [1.807, 2.05) is 18.2 Å². The maximum Gasteiger partial charge on any atom is 0.252 e. The summed E-state index contributed by atoms with van der Waals surface area (Å²) in [5.74, 6) is -0.887. The number of carbonyl (C=O) groups excluding carboxylic acids is 1. The Morgan fingerprint density at radius 2 is 2.00 bits per heavy atom. The number of hydrogen-bond donors (Lipinski definition) is 2. The number of nitrogens with zero attached hydrogens (tertiary/aromatic N) is 1. The summed E-state index contributed by atoms with van der Waals surface area (Å²) < 4.78 is 13.9. The zero-order valence-electron chi connectivity index (χ0n) is 14.2. The fourth-order valence-electron chi connectivity index (χ4n) is 3.65. The van der Waals surface area contributed by atoms with Gasteiger partial charge in [-0.3, -0.25) is 4.79 Å². The Hall–Kier alpha value is -3.13. The molecule has 4 rings (SSSR count). The van der Waals surface area contributed by atoms with Crippen molar-refractivity contribution in [3.63, 3.8) is 0 Å². The van der Waals surface area contributed by atoms with Gasteiger partial charge in [0, 0.05) is 27.7 Å². The van der Waals surface area contributed by atoms with Crippen molar-refractivity contribution < 1.29 is 9.18 Å².